The van der Waals surface area contributed by atoms with Crippen LogP contribution in [0, 0.1) is 0 Å². The average molecular weight is 329 g/mol. The SMILES string of the molecule is C[C@H](Oc1ccc(C2CCCCC2)cc1)C(=O)NCC(F)(F)F. The number of rotatable bonds is 5. The van der Waals surface area contributed by atoms with Crippen molar-refractivity contribution in [2.75, 3.05) is 6.54 Å². The van der Waals surface area contributed by atoms with E-state index in [-0.39, 0.29) is 0 Å². The number of halogens is 3. The highest BCUT2D eigenvalue weighted by Crippen LogP contribution is 2.33. The molecule has 1 fully saturated rings. The van der Waals surface area contributed by atoms with Gasteiger partial charge in [0.15, 0.2) is 6.10 Å². The second-order valence-corrected chi connectivity index (χ2v) is 6.00. The molecule has 0 aliphatic heterocycles. The first-order valence-electron chi connectivity index (χ1n) is 7.96. The summed E-state index contributed by atoms with van der Waals surface area (Å²) in [5, 5.41) is 1.82. The van der Waals surface area contributed by atoms with E-state index in [0.29, 0.717) is 11.7 Å². The van der Waals surface area contributed by atoms with Crippen molar-refractivity contribution in [3.8, 4) is 5.75 Å². The van der Waals surface area contributed by atoms with E-state index in [0.717, 1.165) is 0 Å². The summed E-state index contributed by atoms with van der Waals surface area (Å²) in [5.41, 5.74) is 1.26. The van der Waals surface area contributed by atoms with Gasteiger partial charge in [-0.25, -0.2) is 0 Å². The van der Waals surface area contributed by atoms with Gasteiger partial charge in [0, 0.05) is 0 Å². The van der Waals surface area contributed by atoms with E-state index in [1.807, 2.05) is 17.4 Å². The van der Waals surface area contributed by atoms with Gasteiger partial charge in [-0.3, -0.25) is 4.79 Å². The fourth-order valence-electron chi connectivity index (χ4n) is 2.84. The topological polar surface area (TPSA) is 38.3 Å². The maximum absolute atomic E-state index is 12.1. The van der Waals surface area contributed by atoms with Gasteiger partial charge in [0.1, 0.15) is 12.3 Å². The Hall–Kier alpha value is -1.72. The molecule has 6 heteroatoms. The van der Waals surface area contributed by atoms with Crippen molar-refractivity contribution in [2.45, 2.75) is 57.2 Å². The monoisotopic (exact) mass is 329 g/mol. The molecule has 0 heterocycles. The number of hydrogen-bond acceptors (Lipinski definition) is 2. The minimum absolute atomic E-state index is 0.485. The number of carbonyl (C=O) groups is 1. The Morgan fingerprint density at radius 3 is 2.39 bits per heavy atom. The fraction of sp³-hybridized carbons (Fsp3) is 0.588. The number of carbonyl (C=O) groups excluding carboxylic acids is 1. The highest BCUT2D eigenvalue weighted by molar-refractivity contribution is 5.80. The van der Waals surface area contributed by atoms with E-state index in [1.165, 1.54) is 44.6 Å². The third-order valence-corrected chi connectivity index (χ3v) is 4.10. The standard InChI is InChI=1S/C17H22F3NO2/c1-12(16(22)21-11-17(18,19)20)23-15-9-7-14(8-10-15)13-5-3-2-4-6-13/h7-10,12-13H,2-6,11H2,1H3,(H,21,22)/t12-/m0/s1. The van der Waals surface area contributed by atoms with Gasteiger partial charge in [-0.15, -0.1) is 0 Å². The first-order chi connectivity index (χ1) is 10.8. The Balaban J connectivity index is 1.86. The van der Waals surface area contributed by atoms with Gasteiger partial charge in [0.2, 0.25) is 0 Å². The van der Waals surface area contributed by atoms with Crippen molar-refractivity contribution in [3.05, 3.63) is 29.8 Å². The zero-order valence-corrected chi connectivity index (χ0v) is 13.2. The van der Waals surface area contributed by atoms with Crippen molar-refractivity contribution in [2.24, 2.45) is 0 Å². The Bertz CT molecular complexity index is 508. The molecule has 128 valence electrons. The zero-order chi connectivity index (χ0) is 16.9. The fourth-order valence-corrected chi connectivity index (χ4v) is 2.84. The predicted octanol–water partition coefficient (Wildman–Crippen LogP) is 4.18. The van der Waals surface area contributed by atoms with Crippen LogP contribution in [-0.4, -0.2) is 24.7 Å². The van der Waals surface area contributed by atoms with Crippen molar-refractivity contribution >= 4 is 5.91 Å². The molecule has 2 rings (SSSR count). The lowest BCUT2D eigenvalue weighted by Gasteiger charge is -2.22. The van der Waals surface area contributed by atoms with E-state index < -0.39 is 24.7 Å². The number of benzene rings is 1. The maximum atomic E-state index is 12.1. The van der Waals surface area contributed by atoms with Gasteiger partial charge in [-0.1, -0.05) is 31.4 Å². The van der Waals surface area contributed by atoms with Crippen LogP contribution in [0.3, 0.4) is 0 Å². The lowest BCUT2D eigenvalue weighted by molar-refractivity contribution is -0.142. The highest BCUT2D eigenvalue weighted by atomic mass is 19.4. The largest absolute Gasteiger partial charge is 0.481 e. The van der Waals surface area contributed by atoms with Gasteiger partial charge in [-0.05, 0) is 43.4 Å². The number of amides is 1. The highest BCUT2D eigenvalue weighted by Gasteiger charge is 2.29. The van der Waals surface area contributed by atoms with Crippen LogP contribution in [0.2, 0.25) is 0 Å². The van der Waals surface area contributed by atoms with Crippen molar-refractivity contribution in [3.63, 3.8) is 0 Å². The van der Waals surface area contributed by atoms with Gasteiger partial charge in [0.25, 0.3) is 5.91 Å². The molecule has 1 N–H and O–H groups in total. The van der Waals surface area contributed by atoms with Crippen LogP contribution in [0.25, 0.3) is 0 Å². The molecule has 23 heavy (non-hydrogen) atoms. The van der Waals surface area contributed by atoms with E-state index in [4.69, 9.17) is 4.74 Å². The van der Waals surface area contributed by atoms with Gasteiger partial charge < -0.3 is 10.1 Å². The first kappa shape index (κ1) is 17.6. The van der Waals surface area contributed by atoms with Crippen LogP contribution in [0.15, 0.2) is 24.3 Å². The molecule has 0 aromatic heterocycles. The minimum Gasteiger partial charge on any atom is -0.481 e. The number of hydrogen-bond donors (Lipinski definition) is 1. The summed E-state index contributed by atoms with van der Waals surface area (Å²) in [6.07, 6.45) is 0.781. The van der Waals surface area contributed by atoms with Crippen LogP contribution < -0.4 is 10.1 Å². The second kappa shape index (κ2) is 7.70. The molecule has 1 aliphatic rings. The van der Waals surface area contributed by atoms with E-state index in [1.54, 1.807) is 12.1 Å². The van der Waals surface area contributed by atoms with Gasteiger partial charge >= 0.3 is 6.18 Å². The molecule has 1 aliphatic carbocycles. The Morgan fingerprint density at radius 2 is 1.83 bits per heavy atom. The van der Waals surface area contributed by atoms with Crippen LogP contribution >= 0.6 is 0 Å². The van der Waals surface area contributed by atoms with Crippen LogP contribution in [-0.2, 0) is 4.79 Å². The van der Waals surface area contributed by atoms with Crippen molar-refractivity contribution in [1.82, 2.24) is 5.32 Å². The molecular weight excluding hydrogens is 307 g/mol. The lowest BCUT2D eigenvalue weighted by atomic mass is 9.84. The van der Waals surface area contributed by atoms with Gasteiger partial charge in [-0.2, -0.15) is 13.2 Å². The molecule has 0 unspecified atom stereocenters. The third kappa shape index (κ3) is 5.77. The third-order valence-electron chi connectivity index (χ3n) is 4.10. The zero-order valence-electron chi connectivity index (χ0n) is 13.2. The van der Waals surface area contributed by atoms with Crippen LogP contribution in [0.4, 0.5) is 13.2 Å². The number of ether oxygens (including phenoxy) is 1. The molecule has 1 saturated carbocycles. The number of alkyl halides is 3. The van der Waals surface area contributed by atoms with Gasteiger partial charge in [0.05, 0.1) is 0 Å². The summed E-state index contributed by atoms with van der Waals surface area (Å²) in [6, 6.07) is 7.51. The quantitative estimate of drug-likeness (QED) is 0.880. The maximum Gasteiger partial charge on any atom is 0.405 e. The van der Waals surface area contributed by atoms with E-state index >= 15 is 0 Å². The molecule has 0 bridgehead atoms. The molecule has 0 radical (unpaired) electrons. The molecule has 1 amide bonds. The average Bonchev–Trinajstić information content (AvgIpc) is 2.53. The number of nitrogens with one attached hydrogen (secondary N) is 1. The Labute approximate surface area is 134 Å². The van der Waals surface area contributed by atoms with Crippen LogP contribution in [0.5, 0.6) is 5.75 Å². The Morgan fingerprint density at radius 1 is 1.22 bits per heavy atom. The lowest BCUT2D eigenvalue weighted by Crippen LogP contribution is -2.41. The predicted molar refractivity (Wildman–Crippen MR) is 81.4 cm³/mol. The molecule has 1 aromatic rings. The summed E-state index contributed by atoms with van der Waals surface area (Å²) in [4.78, 5) is 11.6. The minimum atomic E-state index is -4.42. The molecule has 1 aromatic carbocycles. The van der Waals surface area contributed by atoms with Crippen molar-refractivity contribution < 1.29 is 22.7 Å². The summed E-state index contributed by atoms with van der Waals surface area (Å²) in [6.45, 7) is 0.0842. The van der Waals surface area contributed by atoms with Crippen molar-refractivity contribution in [1.29, 1.82) is 0 Å². The smallest absolute Gasteiger partial charge is 0.405 e. The van der Waals surface area contributed by atoms with E-state index in [9.17, 15) is 18.0 Å². The summed E-state index contributed by atoms with van der Waals surface area (Å²) >= 11 is 0. The summed E-state index contributed by atoms with van der Waals surface area (Å²) in [5.74, 6) is 0.281. The molecule has 0 saturated heterocycles. The summed E-state index contributed by atoms with van der Waals surface area (Å²) < 4.78 is 41.6. The first-order valence-corrected chi connectivity index (χ1v) is 7.96. The van der Waals surface area contributed by atoms with E-state index in [2.05, 4.69) is 0 Å². The molecule has 1 atom stereocenters. The van der Waals surface area contributed by atoms with Crippen LogP contribution in [0.1, 0.15) is 50.5 Å². The molecule has 0 spiro atoms. The normalized spacial score (nSPS) is 17.6. The second-order valence-electron chi connectivity index (χ2n) is 6.00. The summed E-state index contributed by atoms with van der Waals surface area (Å²) in [7, 11) is 0. The molecular formula is C17H22F3NO2. The Kier molecular flexibility index (Phi) is 5.91. The molecule has 3 nitrogen and oxygen atoms in total.